The van der Waals surface area contributed by atoms with Crippen LogP contribution in [0, 0.1) is 11.3 Å². The SMILES string of the molecule is CCCCN(C(=O)CN1C[C@H](c2ccc3c(c2)CCO3)[C@@H](C(=O)O)[C@@H]1CC(C)(C)CCC)c1ccc[n+](C)c1. The lowest BCUT2D eigenvalue weighted by Crippen LogP contribution is -2.46. The van der Waals surface area contributed by atoms with Gasteiger partial charge >= 0.3 is 5.97 Å². The Bertz CT molecular complexity index is 1160. The van der Waals surface area contributed by atoms with Gasteiger partial charge in [-0.25, -0.2) is 4.57 Å². The molecule has 4 rings (SSSR count). The first kappa shape index (κ1) is 29.1. The minimum Gasteiger partial charge on any atom is -0.493 e. The fourth-order valence-electron chi connectivity index (χ4n) is 6.57. The zero-order valence-corrected chi connectivity index (χ0v) is 24.4. The lowest BCUT2D eigenvalue weighted by atomic mass is 9.76. The number of carboxylic acids is 1. The second kappa shape index (κ2) is 12.5. The number of carbonyl (C=O) groups excluding carboxylic acids is 1. The lowest BCUT2D eigenvalue weighted by Gasteiger charge is -2.35. The van der Waals surface area contributed by atoms with Gasteiger partial charge in [-0.2, -0.15) is 0 Å². The minimum atomic E-state index is -0.776. The lowest BCUT2D eigenvalue weighted by molar-refractivity contribution is -0.670. The van der Waals surface area contributed by atoms with Gasteiger partial charge in [0, 0.05) is 37.5 Å². The van der Waals surface area contributed by atoms with Crippen LogP contribution in [-0.4, -0.2) is 54.2 Å². The topological polar surface area (TPSA) is 74.0 Å². The van der Waals surface area contributed by atoms with Crippen LogP contribution in [0.3, 0.4) is 0 Å². The molecule has 1 aromatic carbocycles. The van der Waals surface area contributed by atoms with E-state index in [2.05, 4.69) is 38.7 Å². The van der Waals surface area contributed by atoms with Crippen LogP contribution in [0.15, 0.2) is 42.7 Å². The molecular weight excluding hydrogens is 490 g/mol. The van der Waals surface area contributed by atoms with Gasteiger partial charge in [-0.1, -0.05) is 52.7 Å². The van der Waals surface area contributed by atoms with E-state index in [1.54, 1.807) is 0 Å². The van der Waals surface area contributed by atoms with Crippen LogP contribution < -0.4 is 14.2 Å². The fraction of sp³-hybridized carbons (Fsp3) is 0.594. The number of rotatable bonds is 12. The number of carboxylic acid groups (broad SMARTS) is 1. The zero-order chi connectivity index (χ0) is 28.2. The molecule has 0 bridgehead atoms. The highest BCUT2D eigenvalue weighted by Crippen LogP contribution is 2.44. The molecule has 0 aliphatic carbocycles. The third-order valence-corrected chi connectivity index (χ3v) is 8.47. The molecule has 3 atom stereocenters. The van der Waals surface area contributed by atoms with Crippen LogP contribution in [0.4, 0.5) is 5.69 Å². The number of nitrogens with zero attached hydrogens (tertiary/aromatic N) is 3. The van der Waals surface area contributed by atoms with Crippen molar-refractivity contribution in [3.05, 3.63) is 53.9 Å². The monoisotopic (exact) mass is 536 g/mol. The summed E-state index contributed by atoms with van der Waals surface area (Å²) in [5.74, 6) is -0.601. The van der Waals surface area contributed by atoms with Gasteiger partial charge in [0.25, 0.3) is 0 Å². The summed E-state index contributed by atoms with van der Waals surface area (Å²) in [5.41, 5.74) is 3.05. The van der Waals surface area contributed by atoms with Crippen molar-refractivity contribution in [3.8, 4) is 5.75 Å². The Kier molecular flexibility index (Phi) is 9.31. The number of amides is 1. The van der Waals surface area contributed by atoms with Crippen molar-refractivity contribution in [2.75, 3.05) is 31.1 Å². The van der Waals surface area contributed by atoms with Crippen LogP contribution in [-0.2, 0) is 23.1 Å². The van der Waals surface area contributed by atoms with Crippen molar-refractivity contribution in [2.45, 2.75) is 78.2 Å². The predicted octanol–water partition coefficient (Wildman–Crippen LogP) is 4.96. The molecule has 7 nitrogen and oxygen atoms in total. The zero-order valence-electron chi connectivity index (χ0n) is 24.4. The number of aliphatic carboxylic acids is 1. The van der Waals surface area contributed by atoms with Gasteiger partial charge in [-0.3, -0.25) is 14.5 Å². The Morgan fingerprint density at radius 1 is 1.21 bits per heavy atom. The van der Waals surface area contributed by atoms with E-state index in [1.165, 1.54) is 0 Å². The van der Waals surface area contributed by atoms with Gasteiger partial charge in [0.1, 0.15) is 18.5 Å². The minimum absolute atomic E-state index is 0.0237. The molecule has 1 N–H and O–H groups in total. The number of ether oxygens (including phenoxy) is 1. The number of anilines is 1. The number of aromatic nitrogens is 1. The molecule has 7 heteroatoms. The number of unbranched alkanes of at least 4 members (excludes halogenated alkanes) is 1. The Morgan fingerprint density at radius 3 is 2.69 bits per heavy atom. The maximum absolute atomic E-state index is 13.9. The summed E-state index contributed by atoms with van der Waals surface area (Å²) < 4.78 is 7.67. The van der Waals surface area contributed by atoms with Crippen molar-refractivity contribution in [1.29, 1.82) is 0 Å². The molecule has 1 aromatic heterocycles. The van der Waals surface area contributed by atoms with Crippen LogP contribution in [0.1, 0.15) is 76.8 Å². The number of pyridine rings is 1. The smallest absolute Gasteiger partial charge is 0.308 e. The molecule has 0 spiro atoms. The number of fused-ring (bicyclic) bond motifs is 1. The van der Waals surface area contributed by atoms with E-state index in [0.29, 0.717) is 19.7 Å². The van der Waals surface area contributed by atoms with Crippen molar-refractivity contribution >= 4 is 17.6 Å². The first-order valence-corrected chi connectivity index (χ1v) is 14.6. The number of benzene rings is 1. The summed E-state index contributed by atoms with van der Waals surface area (Å²) in [4.78, 5) is 30.9. The third-order valence-electron chi connectivity index (χ3n) is 8.47. The highest BCUT2D eigenvalue weighted by atomic mass is 16.5. The highest BCUT2D eigenvalue weighted by Gasteiger charge is 2.49. The van der Waals surface area contributed by atoms with Crippen molar-refractivity contribution in [2.24, 2.45) is 18.4 Å². The van der Waals surface area contributed by atoms with Crippen LogP contribution >= 0.6 is 0 Å². The summed E-state index contributed by atoms with van der Waals surface area (Å²) in [6.45, 7) is 10.8. The number of hydrogen-bond donors (Lipinski definition) is 1. The molecule has 1 saturated heterocycles. The molecule has 0 saturated carbocycles. The second-order valence-electron chi connectivity index (χ2n) is 12.2. The Labute approximate surface area is 233 Å². The first-order chi connectivity index (χ1) is 18.6. The van der Waals surface area contributed by atoms with Gasteiger partial charge < -0.3 is 14.7 Å². The summed E-state index contributed by atoms with van der Waals surface area (Å²) >= 11 is 0. The summed E-state index contributed by atoms with van der Waals surface area (Å²) in [6.07, 6.45) is 9.49. The van der Waals surface area contributed by atoms with E-state index in [0.717, 1.165) is 61.1 Å². The molecule has 0 radical (unpaired) electrons. The Hall–Kier alpha value is -2.93. The van der Waals surface area contributed by atoms with Gasteiger partial charge in [0.05, 0.1) is 19.1 Å². The van der Waals surface area contributed by atoms with E-state index < -0.39 is 11.9 Å². The predicted molar refractivity (Wildman–Crippen MR) is 153 cm³/mol. The first-order valence-electron chi connectivity index (χ1n) is 14.6. The number of likely N-dealkylation sites (tertiary alicyclic amines) is 1. The summed E-state index contributed by atoms with van der Waals surface area (Å²) in [6, 6.07) is 9.88. The maximum atomic E-state index is 13.9. The van der Waals surface area contributed by atoms with Gasteiger partial charge in [-0.05, 0) is 47.9 Å². The fourth-order valence-corrected chi connectivity index (χ4v) is 6.57. The molecule has 3 heterocycles. The van der Waals surface area contributed by atoms with Crippen molar-refractivity contribution < 1.29 is 24.0 Å². The van der Waals surface area contributed by atoms with E-state index in [4.69, 9.17) is 4.74 Å². The third kappa shape index (κ3) is 6.81. The maximum Gasteiger partial charge on any atom is 0.308 e. The summed E-state index contributed by atoms with van der Waals surface area (Å²) in [5, 5.41) is 10.6. The molecule has 212 valence electrons. The van der Waals surface area contributed by atoms with Crippen LogP contribution in [0.2, 0.25) is 0 Å². The van der Waals surface area contributed by atoms with Gasteiger partial charge in [0.15, 0.2) is 12.4 Å². The molecule has 39 heavy (non-hydrogen) atoms. The van der Waals surface area contributed by atoms with E-state index in [1.807, 2.05) is 53.2 Å². The standard InChI is InChI=1S/C32H45N3O4/c1-6-8-16-35(25-10-9-15-33(5)20-25)29(36)22-34-21-26(23-11-12-28-24(18-23)13-17-39-28)30(31(37)38)27(34)19-32(3,4)14-7-2/h9-12,15,18,20,26-27,30H,6-8,13-14,16-17,19,21-22H2,1-5H3/p+1/t26-,27+,30-/m1/s1. The van der Waals surface area contributed by atoms with Crippen LogP contribution in [0.25, 0.3) is 0 Å². The van der Waals surface area contributed by atoms with Crippen molar-refractivity contribution in [3.63, 3.8) is 0 Å². The largest absolute Gasteiger partial charge is 0.493 e. The molecule has 1 amide bonds. The van der Waals surface area contributed by atoms with Gasteiger partial charge in [0.2, 0.25) is 5.91 Å². The van der Waals surface area contributed by atoms with E-state index >= 15 is 0 Å². The quantitative estimate of drug-likeness (QED) is 0.388. The number of hydrogen-bond acceptors (Lipinski definition) is 4. The number of aryl methyl sites for hydroxylation is 1. The van der Waals surface area contributed by atoms with E-state index in [-0.39, 0.29) is 29.8 Å². The van der Waals surface area contributed by atoms with Crippen LogP contribution in [0.5, 0.6) is 5.75 Å². The molecule has 2 aliphatic heterocycles. The average molecular weight is 537 g/mol. The molecule has 1 fully saturated rings. The number of carbonyl (C=O) groups is 2. The Balaban J connectivity index is 1.66. The normalized spacial score (nSPS) is 21.0. The second-order valence-corrected chi connectivity index (χ2v) is 12.2. The summed E-state index contributed by atoms with van der Waals surface area (Å²) in [7, 11) is 1.96. The average Bonchev–Trinajstić information content (AvgIpc) is 3.48. The highest BCUT2D eigenvalue weighted by molar-refractivity contribution is 5.94. The molecule has 2 aliphatic rings. The van der Waals surface area contributed by atoms with Gasteiger partial charge in [-0.15, -0.1) is 0 Å². The van der Waals surface area contributed by atoms with E-state index in [9.17, 15) is 14.7 Å². The molecular formula is C32H46N3O4+. The molecule has 0 unspecified atom stereocenters. The molecule has 2 aromatic rings. The van der Waals surface area contributed by atoms with Crippen molar-refractivity contribution in [1.82, 2.24) is 4.90 Å². The Morgan fingerprint density at radius 2 is 2.00 bits per heavy atom.